The fourth-order valence-corrected chi connectivity index (χ4v) is 3.43. The van der Waals surface area contributed by atoms with Crippen molar-refractivity contribution in [2.24, 2.45) is 0 Å². The molecule has 1 aromatic carbocycles. The number of ether oxygens (including phenoxy) is 1. The first-order valence-corrected chi connectivity index (χ1v) is 9.23. The number of rotatable bonds is 6. The molecule has 1 aromatic heterocycles. The van der Waals surface area contributed by atoms with Gasteiger partial charge in [-0.05, 0) is 37.5 Å². The van der Waals surface area contributed by atoms with Gasteiger partial charge in [0.25, 0.3) is 5.91 Å². The van der Waals surface area contributed by atoms with E-state index >= 15 is 0 Å². The zero-order valence-electron chi connectivity index (χ0n) is 15.0. The molecule has 2 aromatic rings. The first kappa shape index (κ1) is 19.4. The number of aliphatic carboxylic acids is 1. The lowest BCUT2D eigenvalue weighted by Gasteiger charge is -2.23. The second kappa shape index (κ2) is 8.54. The molecule has 0 aliphatic carbocycles. The van der Waals surface area contributed by atoms with Crippen LogP contribution in [0.2, 0.25) is 5.02 Å². The van der Waals surface area contributed by atoms with Crippen molar-refractivity contribution in [3.05, 3.63) is 52.3 Å². The van der Waals surface area contributed by atoms with Gasteiger partial charge in [-0.1, -0.05) is 23.7 Å². The minimum Gasteiger partial charge on any atom is -0.481 e. The van der Waals surface area contributed by atoms with Crippen LogP contribution in [0.4, 0.5) is 0 Å². The first-order chi connectivity index (χ1) is 13.0. The summed E-state index contributed by atoms with van der Waals surface area (Å²) in [6.07, 6.45) is 3.03. The molecular weight excluding hydrogens is 370 g/mol. The van der Waals surface area contributed by atoms with Crippen LogP contribution in [0.15, 0.2) is 30.5 Å². The number of nitrogens with one attached hydrogen (secondary N) is 1. The van der Waals surface area contributed by atoms with E-state index < -0.39 is 12.0 Å². The van der Waals surface area contributed by atoms with E-state index in [0.29, 0.717) is 29.4 Å². The van der Waals surface area contributed by atoms with Crippen LogP contribution in [0.5, 0.6) is 0 Å². The molecular formula is C19H22ClN3O4. The zero-order valence-corrected chi connectivity index (χ0v) is 15.8. The topological polar surface area (TPSA) is 93.5 Å². The summed E-state index contributed by atoms with van der Waals surface area (Å²) in [7, 11) is 0. The van der Waals surface area contributed by atoms with Crippen LogP contribution >= 0.6 is 11.6 Å². The number of nitrogens with zero attached hydrogens (tertiary/aromatic N) is 2. The van der Waals surface area contributed by atoms with Gasteiger partial charge in [-0.15, -0.1) is 0 Å². The van der Waals surface area contributed by atoms with Crippen molar-refractivity contribution < 1.29 is 19.4 Å². The van der Waals surface area contributed by atoms with Crippen molar-refractivity contribution in [1.29, 1.82) is 0 Å². The van der Waals surface area contributed by atoms with Gasteiger partial charge in [0, 0.05) is 23.9 Å². The standard InChI is InChI=1S/C19H22ClN3O4/c1-12-16(11-21-23(12)15-6-8-27-9-7-15)19(26)22-17(10-18(24)25)13-2-4-14(20)5-3-13/h2-5,11,15,17H,6-10H2,1H3,(H,22,26)(H,24,25)/t17-/m0/s1. The summed E-state index contributed by atoms with van der Waals surface area (Å²) in [5, 5.41) is 17.0. The number of amides is 1. The lowest BCUT2D eigenvalue weighted by Crippen LogP contribution is -2.30. The van der Waals surface area contributed by atoms with E-state index in [4.69, 9.17) is 16.3 Å². The van der Waals surface area contributed by atoms with Gasteiger partial charge in [-0.25, -0.2) is 0 Å². The Morgan fingerprint density at radius 3 is 2.63 bits per heavy atom. The summed E-state index contributed by atoms with van der Waals surface area (Å²) in [5.74, 6) is -1.34. The predicted octanol–water partition coefficient (Wildman–Crippen LogP) is 3.14. The van der Waals surface area contributed by atoms with Crippen LogP contribution in [0.3, 0.4) is 0 Å². The van der Waals surface area contributed by atoms with Gasteiger partial charge in [0.1, 0.15) is 0 Å². The molecule has 0 unspecified atom stereocenters. The molecule has 3 rings (SSSR count). The highest BCUT2D eigenvalue weighted by atomic mass is 35.5. The third-order valence-electron chi connectivity index (χ3n) is 4.78. The molecule has 7 nitrogen and oxygen atoms in total. The highest BCUT2D eigenvalue weighted by Crippen LogP contribution is 2.24. The number of hydrogen-bond donors (Lipinski definition) is 2. The van der Waals surface area contributed by atoms with E-state index in [2.05, 4.69) is 10.4 Å². The SMILES string of the molecule is Cc1c(C(=O)N[C@@H](CC(=O)O)c2ccc(Cl)cc2)cnn1C1CCOCC1. The van der Waals surface area contributed by atoms with Crippen LogP contribution in [-0.4, -0.2) is 40.0 Å². The predicted molar refractivity (Wildman–Crippen MR) is 100.0 cm³/mol. The molecule has 1 atom stereocenters. The van der Waals surface area contributed by atoms with Crippen molar-refractivity contribution in [2.75, 3.05) is 13.2 Å². The lowest BCUT2D eigenvalue weighted by atomic mass is 10.0. The molecule has 1 fully saturated rings. The number of aromatic nitrogens is 2. The van der Waals surface area contributed by atoms with Gasteiger partial charge in [-0.3, -0.25) is 14.3 Å². The second-order valence-electron chi connectivity index (χ2n) is 6.61. The summed E-state index contributed by atoms with van der Waals surface area (Å²) < 4.78 is 7.24. The molecule has 1 aliphatic rings. The van der Waals surface area contributed by atoms with Crippen molar-refractivity contribution in [1.82, 2.24) is 15.1 Å². The monoisotopic (exact) mass is 391 g/mol. The lowest BCUT2D eigenvalue weighted by molar-refractivity contribution is -0.137. The van der Waals surface area contributed by atoms with E-state index in [1.807, 2.05) is 11.6 Å². The third kappa shape index (κ3) is 4.67. The van der Waals surface area contributed by atoms with E-state index in [9.17, 15) is 14.7 Å². The molecule has 0 saturated carbocycles. The van der Waals surface area contributed by atoms with Gasteiger partial charge >= 0.3 is 5.97 Å². The van der Waals surface area contributed by atoms with Crippen molar-refractivity contribution in [3.63, 3.8) is 0 Å². The Bertz CT molecular complexity index is 813. The number of hydrogen-bond acceptors (Lipinski definition) is 4. The summed E-state index contributed by atoms with van der Waals surface area (Å²) >= 11 is 5.90. The molecule has 1 saturated heterocycles. The second-order valence-corrected chi connectivity index (χ2v) is 7.04. The minimum absolute atomic E-state index is 0.214. The molecule has 144 valence electrons. The zero-order chi connectivity index (χ0) is 19.4. The molecule has 2 N–H and O–H groups in total. The number of carboxylic acids is 1. The van der Waals surface area contributed by atoms with E-state index in [1.54, 1.807) is 30.5 Å². The maximum Gasteiger partial charge on any atom is 0.305 e. The summed E-state index contributed by atoms with van der Waals surface area (Å²) in [6.45, 7) is 3.22. The number of carboxylic acid groups (broad SMARTS) is 1. The number of carbonyl (C=O) groups excluding carboxylic acids is 1. The van der Waals surface area contributed by atoms with Gasteiger partial charge in [0.2, 0.25) is 0 Å². The largest absolute Gasteiger partial charge is 0.481 e. The Morgan fingerprint density at radius 2 is 2.00 bits per heavy atom. The van der Waals surface area contributed by atoms with Crippen LogP contribution < -0.4 is 5.32 Å². The first-order valence-electron chi connectivity index (χ1n) is 8.85. The van der Waals surface area contributed by atoms with Crippen LogP contribution in [0.1, 0.15) is 53.0 Å². The molecule has 1 aliphatic heterocycles. The van der Waals surface area contributed by atoms with E-state index in [-0.39, 0.29) is 18.4 Å². The van der Waals surface area contributed by atoms with Gasteiger partial charge in [0.15, 0.2) is 0 Å². The Balaban J connectivity index is 1.78. The summed E-state index contributed by atoms with van der Waals surface area (Å²) in [5.41, 5.74) is 1.90. The van der Waals surface area contributed by atoms with Crippen molar-refractivity contribution in [3.8, 4) is 0 Å². The molecule has 0 radical (unpaired) electrons. The fraction of sp³-hybridized carbons (Fsp3) is 0.421. The van der Waals surface area contributed by atoms with Crippen LogP contribution in [-0.2, 0) is 9.53 Å². The van der Waals surface area contributed by atoms with Gasteiger partial charge in [0.05, 0.1) is 30.3 Å². The quantitative estimate of drug-likeness (QED) is 0.789. The van der Waals surface area contributed by atoms with Crippen molar-refractivity contribution in [2.45, 2.75) is 38.3 Å². The maximum atomic E-state index is 12.8. The average Bonchev–Trinajstić information content (AvgIpc) is 3.03. The molecule has 0 spiro atoms. The number of halogens is 1. The molecule has 2 heterocycles. The van der Waals surface area contributed by atoms with Gasteiger partial charge in [-0.2, -0.15) is 5.10 Å². The third-order valence-corrected chi connectivity index (χ3v) is 5.03. The highest BCUT2D eigenvalue weighted by Gasteiger charge is 2.24. The number of benzene rings is 1. The Kier molecular flexibility index (Phi) is 6.13. The van der Waals surface area contributed by atoms with Crippen LogP contribution in [0, 0.1) is 6.92 Å². The fourth-order valence-electron chi connectivity index (χ4n) is 3.30. The average molecular weight is 392 g/mol. The summed E-state index contributed by atoms with van der Waals surface area (Å²) in [6, 6.07) is 6.34. The van der Waals surface area contributed by atoms with Crippen LogP contribution in [0.25, 0.3) is 0 Å². The molecule has 0 bridgehead atoms. The molecule has 8 heteroatoms. The maximum absolute atomic E-state index is 12.8. The molecule has 1 amide bonds. The minimum atomic E-state index is -0.995. The highest BCUT2D eigenvalue weighted by molar-refractivity contribution is 6.30. The molecule has 27 heavy (non-hydrogen) atoms. The van der Waals surface area contributed by atoms with E-state index in [1.165, 1.54) is 0 Å². The van der Waals surface area contributed by atoms with E-state index in [0.717, 1.165) is 18.5 Å². The number of carbonyl (C=O) groups is 2. The smallest absolute Gasteiger partial charge is 0.305 e. The Morgan fingerprint density at radius 1 is 1.33 bits per heavy atom. The Labute approximate surface area is 162 Å². The summed E-state index contributed by atoms with van der Waals surface area (Å²) in [4.78, 5) is 24.0. The Hall–Kier alpha value is -2.38. The van der Waals surface area contributed by atoms with Crippen molar-refractivity contribution >= 4 is 23.5 Å². The normalized spacial score (nSPS) is 16.1. The van der Waals surface area contributed by atoms with Gasteiger partial charge < -0.3 is 15.2 Å².